The molecule has 7 heteroatoms. The van der Waals surface area contributed by atoms with Crippen molar-refractivity contribution in [3.63, 3.8) is 0 Å². The van der Waals surface area contributed by atoms with Crippen LogP contribution in [0.2, 0.25) is 0 Å². The van der Waals surface area contributed by atoms with Crippen LogP contribution in [0.3, 0.4) is 0 Å². The summed E-state index contributed by atoms with van der Waals surface area (Å²) in [6.45, 7) is 0.790. The average molecular weight is 311 g/mol. The number of hydrogen-bond acceptors (Lipinski definition) is 4. The lowest BCUT2D eigenvalue weighted by Gasteiger charge is -2.22. The van der Waals surface area contributed by atoms with E-state index >= 15 is 0 Å². The first-order valence-electron chi connectivity index (χ1n) is 6.77. The summed E-state index contributed by atoms with van der Waals surface area (Å²) in [7, 11) is 0. The first kappa shape index (κ1) is 15.8. The SMILES string of the molecule is O=C(CC1CSCCN1)NCC(=O)Nc1cccc(F)c1. The Morgan fingerprint density at radius 3 is 2.95 bits per heavy atom. The number of anilines is 1. The van der Waals surface area contributed by atoms with Crippen molar-refractivity contribution in [3.8, 4) is 0 Å². The Bertz CT molecular complexity index is 507. The van der Waals surface area contributed by atoms with Crippen molar-refractivity contribution in [2.24, 2.45) is 0 Å². The van der Waals surface area contributed by atoms with Gasteiger partial charge in [-0.15, -0.1) is 0 Å². The van der Waals surface area contributed by atoms with E-state index in [4.69, 9.17) is 0 Å². The summed E-state index contributed by atoms with van der Waals surface area (Å²) in [6.07, 6.45) is 0.361. The van der Waals surface area contributed by atoms with Gasteiger partial charge in [0, 0.05) is 36.2 Å². The van der Waals surface area contributed by atoms with Crippen molar-refractivity contribution in [1.82, 2.24) is 10.6 Å². The van der Waals surface area contributed by atoms with Crippen molar-refractivity contribution >= 4 is 29.3 Å². The van der Waals surface area contributed by atoms with E-state index in [9.17, 15) is 14.0 Å². The Labute approximate surface area is 127 Å². The van der Waals surface area contributed by atoms with Crippen LogP contribution in [0.25, 0.3) is 0 Å². The molecule has 0 saturated carbocycles. The van der Waals surface area contributed by atoms with Gasteiger partial charge in [-0.1, -0.05) is 6.07 Å². The number of benzene rings is 1. The molecule has 2 rings (SSSR count). The molecule has 0 spiro atoms. The van der Waals surface area contributed by atoms with Crippen LogP contribution in [0.4, 0.5) is 10.1 Å². The van der Waals surface area contributed by atoms with E-state index in [0.29, 0.717) is 12.1 Å². The molecule has 1 aromatic carbocycles. The first-order chi connectivity index (χ1) is 10.1. The molecule has 114 valence electrons. The molecule has 1 unspecified atom stereocenters. The zero-order chi connectivity index (χ0) is 15.1. The van der Waals surface area contributed by atoms with Gasteiger partial charge in [-0.05, 0) is 18.2 Å². The van der Waals surface area contributed by atoms with E-state index < -0.39 is 5.82 Å². The minimum absolute atomic E-state index is 0.116. The van der Waals surface area contributed by atoms with Crippen LogP contribution in [0.5, 0.6) is 0 Å². The third-order valence-corrected chi connectivity index (χ3v) is 4.12. The van der Waals surface area contributed by atoms with Gasteiger partial charge in [0.2, 0.25) is 11.8 Å². The molecular weight excluding hydrogens is 293 g/mol. The molecule has 1 saturated heterocycles. The second kappa shape index (κ2) is 7.99. The predicted octanol–water partition coefficient (Wildman–Crippen LogP) is 0.976. The standard InChI is InChI=1S/C14H18FN3O2S/c15-10-2-1-3-11(6-10)18-14(20)8-17-13(19)7-12-9-21-5-4-16-12/h1-3,6,12,16H,4-5,7-9H2,(H,17,19)(H,18,20). The third-order valence-electron chi connectivity index (χ3n) is 2.98. The molecular formula is C14H18FN3O2S. The number of halogens is 1. The van der Waals surface area contributed by atoms with Crippen molar-refractivity contribution in [2.75, 3.05) is 29.9 Å². The fraction of sp³-hybridized carbons (Fsp3) is 0.429. The summed E-state index contributed by atoms with van der Waals surface area (Å²) in [6, 6.07) is 5.78. The number of hydrogen-bond donors (Lipinski definition) is 3. The quantitative estimate of drug-likeness (QED) is 0.758. The second-order valence-electron chi connectivity index (χ2n) is 4.77. The maximum atomic E-state index is 13.0. The van der Waals surface area contributed by atoms with Gasteiger partial charge in [-0.25, -0.2) is 4.39 Å². The van der Waals surface area contributed by atoms with Crippen LogP contribution >= 0.6 is 11.8 Å². The van der Waals surface area contributed by atoms with E-state index in [0.717, 1.165) is 18.1 Å². The molecule has 1 aliphatic rings. The van der Waals surface area contributed by atoms with Crippen LogP contribution in [-0.4, -0.2) is 42.5 Å². The number of amides is 2. The minimum atomic E-state index is -0.419. The number of rotatable bonds is 5. The normalized spacial score (nSPS) is 18.0. The van der Waals surface area contributed by atoms with Gasteiger partial charge in [0.25, 0.3) is 0 Å². The zero-order valence-corrected chi connectivity index (χ0v) is 12.3. The molecule has 1 atom stereocenters. The van der Waals surface area contributed by atoms with Gasteiger partial charge in [-0.2, -0.15) is 11.8 Å². The highest BCUT2D eigenvalue weighted by Crippen LogP contribution is 2.10. The van der Waals surface area contributed by atoms with Crippen LogP contribution in [0.1, 0.15) is 6.42 Å². The largest absolute Gasteiger partial charge is 0.347 e. The molecule has 1 aromatic rings. The summed E-state index contributed by atoms with van der Waals surface area (Å²) in [5.41, 5.74) is 0.375. The molecule has 0 aromatic heterocycles. The molecule has 0 bridgehead atoms. The molecule has 21 heavy (non-hydrogen) atoms. The monoisotopic (exact) mass is 311 g/mol. The highest BCUT2D eigenvalue weighted by atomic mass is 32.2. The Morgan fingerprint density at radius 1 is 1.38 bits per heavy atom. The fourth-order valence-electron chi connectivity index (χ4n) is 2.00. The smallest absolute Gasteiger partial charge is 0.243 e. The lowest BCUT2D eigenvalue weighted by Crippen LogP contribution is -2.42. The summed E-state index contributed by atoms with van der Waals surface area (Å²) in [5, 5.41) is 8.36. The lowest BCUT2D eigenvalue weighted by molar-refractivity contribution is -0.124. The van der Waals surface area contributed by atoms with Gasteiger partial charge in [-0.3, -0.25) is 9.59 Å². The highest BCUT2D eigenvalue weighted by Gasteiger charge is 2.16. The third kappa shape index (κ3) is 5.73. The van der Waals surface area contributed by atoms with Crippen molar-refractivity contribution in [3.05, 3.63) is 30.1 Å². The molecule has 0 aliphatic carbocycles. The maximum absolute atomic E-state index is 13.0. The van der Waals surface area contributed by atoms with Crippen molar-refractivity contribution < 1.29 is 14.0 Å². The summed E-state index contributed by atoms with van der Waals surface area (Å²) >= 11 is 1.82. The van der Waals surface area contributed by atoms with Gasteiger partial charge >= 0.3 is 0 Å². The van der Waals surface area contributed by atoms with E-state index in [2.05, 4.69) is 16.0 Å². The molecule has 0 radical (unpaired) electrons. The van der Waals surface area contributed by atoms with E-state index in [-0.39, 0.29) is 24.4 Å². The van der Waals surface area contributed by atoms with E-state index in [1.807, 2.05) is 11.8 Å². The Hall–Kier alpha value is -1.60. The molecule has 5 nitrogen and oxygen atoms in total. The summed E-state index contributed by atoms with van der Waals surface area (Å²) in [5.74, 6) is 1.01. The molecule has 2 amide bonds. The van der Waals surface area contributed by atoms with Gasteiger partial charge in [0.1, 0.15) is 5.82 Å². The molecule has 3 N–H and O–H groups in total. The van der Waals surface area contributed by atoms with Crippen molar-refractivity contribution in [1.29, 1.82) is 0 Å². The van der Waals surface area contributed by atoms with Crippen molar-refractivity contribution in [2.45, 2.75) is 12.5 Å². The van der Waals surface area contributed by atoms with Crippen LogP contribution in [0, 0.1) is 5.82 Å². The molecule has 1 heterocycles. The van der Waals surface area contributed by atoms with Gasteiger partial charge in [0.05, 0.1) is 6.54 Å². The van der Waals surface area contributed by atoms with Crippen LogP contribution in [0.15, 0.2) is 24.3 Å². The minimum Gasteiger partial charge on any atom is -0.347 e. The number of carbonyl (C=O) groups excluding carboxylic acids is 2. The summed E-state index contributed by atoms with van der Waals surface area (Å²) < 4.78 is 13.0. The van der Waals surface area contributed by atoms with Crippen LogP contribution < -0.4 is 16.0 Å². The number of nitrogens with one attached hydrogen (secondary N) is 3. The zero-order valence-electron chi connectivity index (χ0n) is 11.5. The van der Waals surface area contributed by atoms with Crippen LogP contribution in [-0.2, 0) is 9.59 Å². The van der Waals surface area contributed by atoms with Gasteiger partial charge < -0.3 is 16.0 Å². The van der Waals surface area contributed by atoms with E-state index in [1.165, 1.54) is 18.2 Å². The highest BCUT2D eigenvalue weighted by molar-refractivity contribution is 7.99. The Kier molecular flexibility index (Phi) is 6.01. The fourth-order valence-corrected chi connectivity index (χ4v) is 2.95. The Morgan fingerprint density at radius 2 is 2.24 bits per heavy atom. The topological polar surface area (TPSA) is 70.2 Å². The lowest BCUT2D eigenvalue weighted by atomic mass is 10.2. The maximum Gasteiger partial charge on any atom is 0.243 e. The van der Waals surface area contributed by atoms with E-state index in [1.54, 1.807) is 6.07 Å². The number of thioether (sulfide) groups is 1. The number of carbonyl (C=O) groups is 2. The average Bonchev–Trinajstić information content (AvgIpc) is 2.46. The Balaban J connectivity index is 1.69. The second-order valence-corrected chi connectivity index (χ2v) is 5.92. The van der Waals surface area contributed by atoms with Gasteiger partial charge in [0.15, 0.2) is 0 Å². The predicted molar refractivity (Wildman–Crippen MR) is 81.8 cm³/mol. The molecule has 1 fully saturated rings. The summed E-state index contributed by atoms with van der Waals surface area (Å²) in [4.78, 5) is 23.4. The molecule has 1 aliphatic heterocycles. The first-order valence-corrected chi connectivity index (χ1v) is 7.92.